The molecular weight excluding hydrogens is 303 g/mol. The van der Waals surface area contributed by atoms with Crippen LogP contribution in [0.1, 0.15) is 16.2 Å². The lowest BCUT2D eigenvalue weighted by Crippen LogP contribution is -2.06. The van der Waals surface area contributed by atoms with Gasteiger partial charge >= 0.3 is 5.97 Å². The summed E-state index contributed by atoms with van der Waals surface area (Å²) in [5.74, 6) is -0.814. The molecule has 110 valence electrons. The molecule has 3 aromatic rings. The summed E-state index contributed by atoms with van der Waals surface area (Å²) in [6.45, 7) is 0.100. The van der Waals surface area contributed by atoms with E-state index in [0.717, 1.165) is 5.56 Å². The first-order valence-corrected chi connectivity index (χ1v) is 7.39. The van der Waals surface area contributed by atoms with E-state index in [1.54, 1.807) is 35.8 Å². The van der Waals surface area contributed by atoms with Gasteiger partial charge in [0.1, 0.15) is 17.4 Å². The third kappa shape index (κ3) is 3.35. The van der Waals surface area contributed by atoms with Crippen LogP contribution < -0.4 is 0 Å². The molecule has 22 heavy (non-hydrogen) atoms. The highest BCUT2D eigenvalue weighted by molar-refractivity contribution is 7.13. The van der Waals surface area contributed by atoms with Crippen molar-refractivity contribution in [2.45, 2.75) is 6.61 Å². The molecule has 0 unspecified atom stereocenters. The fourth-order valence-electron chi connectivity index (χ4n) is 1.79. The van der Waals surface area contributed by atoms with Gasteiger partial charge in [-0.25, -0.2) is 14.2 Å². The maximum atomic E-state index is 12.9. The largest absolute Gasteiger partial charge is 0.454 e. The fourth-order valence-corrected chi connectivity index (χ4v) is 2.58. The van der Waals surface area contributed by atoms with Gasteiger partial charge in [0.2, 0.25) is 0 Å². The van der Waals surface area contributed by atoms with Crippen LogP contribution in [-0.2, 0) is 11.3 Å². The van der Waals surface area contributed by atoms with E-state index >= 15 is 0 Å². The molecule has 4 nitrogen and oxygen atoms in total. The number of halogens is 1. The van der Waals surface area contributed by atoms with E-state index < -0.39 is 5.97 Å². The topological polar surface area (TPSA) is 52.1 Å². The van der Waals surface area contributed by atoms with Gasteiger partial charge in [0, 0.05) is 17.1 Å². The molecule has 0 aliphatic rings. The molecule has 3 rings (SSSR count). The molecular formula is C16H11FN2O2S. The monoisotopic (exact) mass is 314 g/mol. The molecule has 0 bridgehead atoms. The average Bonchev–Trinajstić information content (AvgIpc) is 3.04. The molecule has 0 aliphatic heterocycles. The Labute approximate surface area is 130 Å². The van der Waals surface area contributed by atoms with Crippen LogP contribution in [-0.4, -0.2) is 15.9 Å². The van der Waals surface area contributed by atoms with E-state index in [2.05, 4.69) is 9.97 Å². The summed E-state index contributed by atoms with van der Waals surface area (Å²) >= 11 is 1.31. The van der Waals surface area contributed by atoms with Gasteiger partial charge < -0.3 is 4.74 Å². The van der Waals surface area contributed by atoms with Crippen LogP contribution >= 0.6 is 11.3 Å². The summed E-state index contributed by atoms with van der Waals surface area (Å²) in [5.41, 5.74) is 1.67. The number of benzene rings is 1. The van der Waals surface area contributed by atoms with Crippen molar-refractivity contribution in [3.63, 3.8) is 0 Å². The molecule has 2 heterocycles. The predicted molar refractivity (Wildman–Crippen MR) is 80.9 cm³/mol. The Bertz CT molecular complexity index is 772. The third-order valence-corrected chi connectivity index (χ3v) is 3.77. The van der Waals surface area contributed by atoms with Gasteiger partial charge in [0.05, 0.1) is 5.69 Å². The molecule has 0 saturated heterocycles. The van der Waals surface area contributed by atoms with Crippen molar-refractivity contribution in [1.82, 2.24) is 9.97 Å². The first-order chi connectivity index (χ1) is 10.7. The minimum atomic E-state index is -0.504. The number of rotatable bonds is 4. The standard InChI is InChI=1S/C16H11FN2O2S/c17-12-6-4-11(5-7-12)15-19-14(10-22-15)16(20)21-9-13-3-1-2-8-18-13/h1-8,10H,9H2. The van der Waals surface area contributed by atoms with Crippen LogP contribution in [0.15, 0.2) is 54.0 Å². The Hall–Kier alpha value is -2.60. The highest BCUT2D eigenvalue weighted by atomic mass is 32.1. The second-order valence-corrected chi connectivity index (χ2v) is 5.30. The first-order valence-electron chi connectivity index (χ1n) is 6.51. The van der Waals surface area contributed by atoms with Crippen molar-refractivity contribution >= 4 is 17.3 Å². The summed E-state index contributed by atoms with van der Waals surface area (Å²) in [6, 6.07) is 11.4. The number of pyridine rings is 1. The van der Waals surface area contributed by atoms with Crippen LogP contribution in [0.5, 0.6) is 0 Å². The summed E-state index contributed by atoms with van der Waals surface area (Å²) in [6.07, 6.45) is 1.64. The van der Waals surface area contributed by atoms with E-state index in [0.29, 0.717) is 10.7 Å². The zero-order valence-electron chi connectivity index (χ0n) is 11.4. The van der Waals surface area contributed by atoms with Gasteiger partial charge in [-0.05, 0) is 36.4 Å². The summed E-state index contributed by atoms with van der Waals surface area (Å²) < 4.78 is 18.1. The Morgan fingerprint density at radius 2 is 2.00 bits per heavy atom. The molecule has 0 fully saturated rings. The fraction of sp³-hybridized carbons (Fsp3) is 0.0625. The van der Waals surface area contributed by atoms with Crippen molar-refractivity contribution in [2.75, 3.05) is 0 Å². The number of carbonyl (C=O) groups excluding carboxylic acids is 1. The molecule has 1 aromatic carbocycles. The number of esters is 1. The summed E-state index contributed by atoms with van der Waals surface area (Å²) in [4.78, 5) is 20.2. The van der Waals surface area contributed by atoms with Crippen LogP contribution in [0.25, 0.3) is 10.6 Å². The zero-order chi connectivity index (χ0) is 15.4. The van der Waals surface area contributed by atoms with Crippen molar-refractivity contribution < 1.29 is 13.9 Å². The normalized spacial score (nSPS) is 10.4. The van der Waals surface area contributed by atoms with Crippen LogP contribution in [0, 0.1) is 5.82 Å². The van der Waals surface area contributed by atoms with Crippen molar-refractivity contribution in [1.29, 1.82) is 0 Å². The van der Waals surface area contributed by atoms with Crippen molar-refractivity contribution in [3.8, 4) is 10.6 Å². The van der Waals surface area contributed by atoms with Crippen LogP contribution in [0.3, 0.4) is 0 Å². The van der Waals surface area contributed by atoms with Gasteiger partial charge in [-0.1, -0.05) is 6.07 Å². The Morgan fingerprint density at radius 3 is 2.73 bits per heavy atom. The Kier molecular flexibility index (Phi) is 4.20. The molecule has 6 heteroatoms. The highest BCUT2D eigenvalue weighted by Crippen LogP contribution is 2.24. The maximum absolute atomic E-state index is 12.9. The lowest BCUT2D eigenvalue weighted by Gasteiger charge is -2.01. The number of ether oxygens (including phenoxy) is 1. The molecule has 2 aromatic heterocycles. The average molecular weight is 314 g/mol. The first kappa shape index (κ1) is 14.3. The number of aromatic nitrogens is 2. The van der Waals surface area contributed by atoms with Gasteiger partial charge in [0.25, 0.3) is 0 Å². The number of thiazole rings is 1. The second kappa shape index (κ2) is 6.44. The summed E-state index contributed by atoms with van der Waals surface area (Å²) in [7, 11) is 0. The minimum Gasteiger partial charge on any atom is -0.454 e. The van der Waals surface area contributed by atoms with E-state index in [9.17, 15) is 9.18 Å². The maximum Gasteiger partial charge on any atom is 0.358 e. The Balaban J connectivity index is 1.68. The van der Waals surface area contributed by atoms with Gasteiger partial charge in [-0.3, -0.25) is 4.98 Å². The molecule has 0 amide bonds. The zero-order valence-corrected chi connectivity index (χ0v) is 12.2. The molecule has 0 aliphatic carbocycles. The van der Waals surface area contributed by atoms with E-state index in [4.69, 9.17) is 4.74 Å². The van der Waals surface area contributed by atoms with E-state index in [-0.39, 0.29) is 18.1 Å². The van der Waals surface area contributed by atoms with E-state index in [1.165, 1.54) is 23.5 Å². The number of carbonyl (C=O) groups is 1. The van der Waals surface area contributed by atoms with Gasteiger partial charge in [-0.15, -0.1) is 11.3 Å². The number of nitrogens with zero attached hydrogens (tertiary/aromatic N) is 2. The highest BCUT2D eigenvalue weighted by Gasteiger charge is 2.13. The number of hydrogen-bond donors (Lipinski definition) is 0. The van der Waals surface area contributed by atoms with Crippen LogP contribution in [0.2, 0.25) is 0 Å². The predicted octanol–water partition coefficient (Wildman–Crippen LogP) is 3.70. The summed E-state index contributed by atoms with van der Waals surface area (Å²) in [5, 5.41) is 2.27. The molecule has 0 radical (unpaired) electrons. The quantitative estimate of drug-likeness (QED) is 0.689. The van der Waals surface area contributed by atoms with Crippen LogP contribution in [0.4, 0.5) is 4.39 Å². The molecule has 0 N–H and O–H groups in total. The van der Waals surface area contributed by atoms with E-state index in [1.807, 2.05) is 6.07 Å². The molecule has 0 spiro atoms. The SMILES string of the molecule is O=C(OCc1ccccn1)c1csc(-c2ccc(F)cc2)n1. The molecule has 0 saturated carbocycles. The van der Waals surface area contributed by atoms with Crippen molar-refractivity contribution in [2.24, 2.45) is 0 Å². The lowest BCUT2D eigenvalue weighted by molar-refractivity contribution is 0.0462. The Morgan fingerprint density at radius 1 is 1.18 bits per heavy atom. The lowest BCUT2D eigenvalue weighted by atomic mass is 10.2. The molecule has 0 atom stereocenters. The minimum absolute atomic E-state index is 0.100. The third-order valence-electron chi connectivity index (χ3n) is 2.88. The smallest absolute Gasteiger partial charge is 0.358 e. The second-order valence-electron chi connectivity index (χ2n) is 4.44. The van der Waals surface area contributed by atoms with Crippen molar-refractivity contribution in [3.05, 3.63) is 71.2 Å². The number of hydrogen-bond acceptors (Lipinski definition) is 5. The van der Waals surface area contributed by atoms with Gasteiger partial charge in [0.15, 0.2) is 5.69 Å². The van der Waals surface area contributed by atoms with Gasteiger partial charge in [-0.2, -0.15) is 0 Å².